The van der Waals surface area contributed by atoms with Gasteiger partial charge in [-0.1, -0.05) is 23.7 Å². The maximum absolute atomic E-state index is 6.28. The van der Waals surface area contributed by atoms with Gasteiger partial charge < -0.3 is 27.4 Å². The first-order chi connectivity index (χ1) is 15.0. The lowest BCUT2D eigenvalue weighted by Crippen LogP contribution is -2.47. The second-order valence-electron chi connectivity index (χ2n) is 7.99. The molecule has 0 aromatic heterocycles. The zero-order chi connectivity index (χ0) is 21.8. The summed E-state index contributed by atoms with van der Waals surface area (Å²) in [6.45, 7) is 6.04. The molecule has 2 atom stereocenters. The normalized spacial score (nSPS) is 21.3. The predicted octanol–water partition coefficient (Wildman–Crippen LogP) is 1.47. The summed E-state index contributed by atoms with van der Waals surface area (Å²) in [6.07, 6.45) is 0.648. The number of fused-ring (bicyclic) bond motifs is 1. The van der Waals surface area contributed by atoms with E-state index in [4.69, 9.17) is 28.8 Å². The highest BCUT2D eigenvalue weighted by Gasteiger charge is 2.27. The van der Waals surface area contributed by atoms with Crippen LogP contribution in [-0.2, 0) is 0 Å². The molecule has 2 aliphatic heterocycles. The molecule has 2 aromatic rings. The summed E-state index contributed by atoms with van der Waals surface area (Å²) in [7, 11) is 0. The van der Waals surface area contributed by atoms with Crippen molar-refractivity contribution in [3.63, 3.8) is 0 Å². The number of halogens is 1. The first-order valence-electron chi connectivity index (χ1n) is 10.7. The molecule has 0 bridgehead atoms. The fourth-order valence-electron chi connectivity index (χ4n) is 4.26. The molecule has 0 amide bonds. The summed E-state index contributed by atoms with van der Waals surface area (Å²) >= 11 is 6.28. The second-order valence-corrected chi connectivity index (χ2v) is 8.43. The third-order valence-electron chi connectivity index (χ3n) is 5.86. The van der Waals surface area contributed by atoms with Crippen molar-refractivity contribution in [2.75, 3.05) is 49.5 Å². The van der Waals surface area contributed by atoms with Crippen LogP contribution in [0.1, 0.15) is 23.6 Å². The van der Waals surface area contributed by atoms with Crippen molar-refractivity contribution in [3.8, 4) is 0 Å². The van der Waals surface area contributed by atoms with Crippen molar-refractivity contribution in [1.82, 2.24) is 10.2 Å². The van der Waals surface area contributed by atoms with Gasteiger partial charge in [0, 0.05) is 42.6 Å². The number of nitrogens with one attached hydrogen (secondary N) is 2. The van der Waals surface area contributed by atoms with E-state index in [1.54, 1.807) is 0 Å². The Hall–Kier alpha value is -2.52. The van der Waals surface area contributed by atoms with Crippen molar-refractivity contribution in [1.29, 1.82) is 0 Å². The van der Waals surface area contributed by atoms with Gasteiger partial charge in [0.15, 0.2) is 12.2 Å². The highest BCUT2D eigenvalue weighted by atomic mass is 35.5. The molecule has 8 nitrogen and oxygen atoms in total. The lowest BCUT2D eigenvalue weighted by molar-refractivity contribution is 0.256. The van der Waals surface area contributed by atoms with Crippen molar-refractivity contribution in [2.45, 2.75) is 18.8 Å². The third kappa shape index (κ3) is 5.22. The number of hydrogen-bond acceptors (Lipinski definition) is 6. The minimum atomic E-state index is -0.412. The molecule has 8 N–H and O–H groups in total. The number of nitrogens with two attached hydrogens (primary N) is 3. The number of anilines is 2. The number of piperazine rings is 1. The topological polar surface area (TPSA) is 121 Å². The molecule has 1 fully saturated rings. The van der Waals surface area contributed by atoms with E-state index < -0.39 is 6.29 Å². The van der Waals surface area contributed by atoms with Crippen LogP contribution in [0.5, 0.6) is 0 Å². The molecule has 9 heteroatoms. The van der Waals surface area contributed by atoms with Gasteiger partial charge >= 0.3 is 0 Å². The van der Waals surface area contributed by atoms with Gasteiger partial charge in [0.25, 0.3) is 0 Å². The molecule has 2 aliphatic rings. The molecule has 166 valence electrons. The molecule has 0 saturated carbocycles. The Labute approximate surface area is 188 Å². The first-order valence-corrected chi connectivity index (χ1v) is 11.1. The van der Waals surface area contributed by atoms with Gasteiger partial charge in [0.05, 0.1) is 6.04 Å². The average molecular weight is 443 g/mol. The molecule has 31 heavy (non-hydrogen) atoms. The lowest BCUT2D eigenvalue weighted by atomic mass is 9.95. The zero-order valence-electron chi connectivity index (χ0n) is 17.6. The van der Waals surface area contributed by atoms with Crippen LogP contribution in [0.4, 0.5) is 11.4 Å². The van der Waals surface area contributed by atoms with Crippen LogP contribution in [0, 0.1) is 0 Å². The maximum atomic E-state index is 6.28. The predicted molar refractivity (Wildman–Crippen MR) is 128 cm³/mol. The van der Waals surface area contributed by atoms with Gasteiger partial charge in [-0.15, -0.1) is 0 Å². The maximum Gasteiger partial charge on any atom is 0.189 e. The van der Waals surface area contributed by atoms with E-state index in [9.17, 15) is 0 Å². The van der Waals surface area contributed by atoms with E-state index in [0.29, 0.717) is 5.02 Å². The van der Waals surface area contributed by atoms with Gasteiger partial charge in [0.2, 0.25) is 0 Å². The number of rotatable bonds is 6. The van der Waals surface area contributed by atoms with Gasteiger partial charge in [-0.25, -0.2) is 4.99 Å². The van der Waals surface area contributed by atoms with Crippen LogP contribution in [0.2, 0.25) is 5.02 Å². The van der Waals surface area contributed by atoms with E-state index in [1.807, 2.05) is 18.2 Å². The highest BCUT2D eigenvalue weighted by molar-refractivity contribution is 6.30. The summed E-state index contributed by atoms with van der Waals surface area (Å²) < 4.78 is 0. The second kappa shape index (κ2) is 9.74. The Morgan fingerprint density at radius 3 is 2.48 bits per heavy atom. The SMILES string of the molecule is NCCCN1CCN(c2ccc(C3NC(N=C(N)N)Nc4ccc(Cl)cc43)cc2)CC1. The van der Waals surface area contributed by atoms with Crippen LogP contribution >= 0.6 is 11.6 Å². The monoisotopic (exact) mass is 442 g/mol. The number of hydrogen-bond donors (Lipinski definition) is 5. The fraction of sp³-hybridized carbons (Fsp3) is 0.409. The van der Waals surface area contributed by atoms with E-state index >= 15 is 0 Å². The Morgan fingerprint density at radius 1 is 1.06 bits per heavy atom. The fourth-order valence-corrected chi connectivity index (χ4v) is 4.44. The Morgan fingerprint density at radius 2 is 1.81 bits per heavy atom. The van der Waals surface area contributed by atoms with Gasteiger partial charge in [-0.3, -0.25) is 10.2 Å². The van der Waals surface area contributed by atoms with Crippen LogP contribution in [0.3, 0.4) is 0 Å². The van der Waals surface area contributed by atoms with Crippen LogP contribution < -0.4 is 32.7 Å². The number of benzene rings is 2. The van der Waals surface area contributed by atoms with Crippen LogP contribution in [0.25, 0.3) is 0 Å². The summed E-state index contributed by atoms with van der Waals surface area (Å²) in [6, 6.07) is 14.4. The number of nitrogens with zero attached hydrogens (tertiary/aromatic N) is 3. The van der Waals surface area contributed by atoms with Crippen LogP contribution in [-0.4, -0.2) is 56.4 Å². The summed E-state index contributed by atoms with van der Waals surface area (Å²) in [5.74, 6) is 0.0297. The highest BCUT2D eigenvalue weighted by Crippen LogP contribution is 2.35. The largest absolute Gasteiger partial charge is 0.370 e. The Kier molecular flexibility index (Phi) is 6.82. The van der Waals surface area contributed by atoms with E-state index in [0.717, 1.165) is 62.5 Å². The van der Waals surface area contributed by atoms with Crippen molar-refractivity contribution in [2.24, 2.45) is 22.2 Å². The van der Waals surface area contributed by atoms with Gasteiger partial charge in [-0.05, 0) is 61.0 Å². The molecule has 2 heterocycles. The van der Waals surface area contributed by atoms with E-state index in [1.165, 1.54) is 5.69 Å². The van der Waals surface area contributed by atoms with Crippen molar-refractivity contribution in [3.05, 3.63) is 58.6 Å². The number of guanidine groups is 1. The first kappa shape index (κ1) is 21.7. The zero-order valence-corrected chi connectivity index (χ0v) is 18.4. The minimum Gasteiger partial charge on any atom is -0.370 e. The molecule has 2 aromatic carbocycles. The molecule has 0 radical (unpaired) electrons. The Balaban J connectivity index is 1.50. The van der Waals surface area contributed by atoms with Gasteiger partial charge in [0.1, 0.15) is 0 Å². The average Bonchev–Trinajstić information content (AvgIpc) is 2.77. The summed E-state index contributed by atoms with van der Waals surface area (Å²) in [5.41, 5.74) is 21.2. The van der Waals surface area contributed by atoms with Crippen LogP contribution in [0.15, 0.2) is 47.5 Å². The number of aliphatic imine (C=N–C) groups is 1. The summed E-state index contributed by atoms with van der Waals surface area (Å²) in [4.78, 5) is 9.17. The van der Waals surface area contributed by atoms with Gasteiger partial charge in [-0.2, -0.15) is 0 Å². The standard InChI is InChI=1S/C22H31ClN8/c23-16-4-7-19-18(14-16)20(28-22(27-19)29-21(25)26)15-2-5-17(6-3-15)31-12-10-30(11-13-31)9-1-8-24/h2-7,14,20,22,27-28H,1,8-13,24H2,(H4,25,26,29). The van der Waals surface area contributed by atoms with E-state index in [-0.39, 0.29) is 12.0 Å². The van der Waals surface area contributed by atoms with Crippen molar-refractivity contribution >= 4 is 28.9 Å². The molecule has 0 spiro atoms. The molecular formula is C22H31ClN8. The molecule has 2 unspecified atom stereocenters. The van der Waals surface area contributed by atoms with Crippen molar-refractivity contribution < 1.29 is 0 Å². The molecule has 1 saturated heterocycles. The molecule has 0 aliphatic carbocycles. The minimum absolute atomic E-state index is 0.0297. The third-order valence-corrected chi connectivity index (χ3v) is 6.10. The molecular weight excluding hydrogens is 412 g/mol. The van der Waals surface area contributed by atoms with E-state index in [2.05, 4.69) is 49.7 Å². The smallest absolute Gasteiger partial charge is 0.189 e. The lowest BCUT2D eigenvalue weighted by Gasteiger charge is -2.36. The molecule has 4 rings (SSSR count). The Bertz CT molecular complexity index is 904. The summed E-state index contributed by atoms with van der Waals surface area (Å²) in [5, 5.41) is 7.45. The quantitative estimate of drug-likeness (QED) is 0.339.